The van der Waals surface area contributed by atoms with Gasteiger partial charge in [0.15, 0.2) is 0 Å². The summed E-state index contributed by atoms with van der Waals surface area (Å²) in [5, 5.41) is 3.65. The van der Waals surface area contributed by atoms with Gasteiger partial charge < -0.3 is 14.2 Å². The van der Waals surface area contributed by atoms with Gasteiger partial charge in [0.25, 0.3) is 5.91 Å². The van der Waals surface area contributed by atoms with Crippen molar-refractivity contribution in [1.82, 2.24) is 20.0 Å². The molecule has 1 aliphatic rings. The molecular formula is C14H16N4O3. The van der Waals surface area contributed by atoms with E-state index in [9.17, 15) is 4.79 Å². The van der Waals surface area contributed by atoms with Gasteiger partial charge in [0.1, 0.15) is 23.8 Å². The zero-order valence-corrected chi connectivity index (χ0v) is 11.7. The van der Waals surface area contributed by atoms with Gasteiger partial charge in [0.05, 0.1) is 12.7 Å². The van der Waals surface area contributed by atoms with Crippen molar-refractivity contribution in [2.45, 2.75) is 25.9 Å². The molecule has 0 radical (unpaired) electrons. The molecule has 3 rings (SSSR count). The number of ether oxygens (including phenoxy) is 1. The maximum atomic E-state index is 12.4. The standard InChI is InChI=1S/C14H16N4O3/c1-10-12(7-17-21-10)14(19)18-6-2-3-11(8-18)20-13-4-5-15-9-16-13/h4-5,7,9,11H,2-3,6,8H2,1H3/t11-/m0/s1. The Hall–Kier alpha value is -2.44. The fraction of sp³-hybridized carbons (Fsp3) is 0.429. The van der Waals surface area contributed by atoms with Crippen molar-refractivity contribution in [3.63, 3.8) is 0 Å². The molecule has 7 nitrogen and oxygen atoms in total. The molecule has 0 N–H and O–H groups in total. The molecule has 1 fully saturated rings. The average molecular weight is 288 g/mol. The van der Waals surface area contributed by atoms with E-state index in [1.165, 1.54) is 12.5 Å². The number of aryl methyl sites for hydroxylation is 1. The number of aromatic nitrogens is 3. The molecule has 2 aromatic heterocycles. The van der Waals surface area contributed by atoms with Gasteiger partial charge >= 0.3 is 0 Å². The number of carbonyl (C=O) groups is 1. The van der Waals surface area contributed by atoms with Crippen LogP contribution >= 0.6 is 0 Å². The van der Waals surface area contributed by atoms with Gasteiger partial charge in [0.2, 0.25) is 5.88 Å². The van der Waals surface area contributed by atoms with E-state index in [1.807, 2.05) is 0 Å². The molecule has 1 amide bonds. The number of rotatable bonds is 3. The minimum atomic E-state index is -0.0651. The molecule has 7 heteroatoms. The third-order valence-electron chi connectivity index (χ3n) is 3.49. The number of hydrogen-bond donors (Lipinski definition) is 0. The van der Waals surface area contributed by atoms with Gasteiger partial charge in [-0.05, 0) is 19.8 Å². The van der Waals surface area contributed by atoms with Crippen LogP contribution in [0.2, 0.25) is 0 Å². The highest BCUT2D eigenvalue weighted by atomic mass is 16.5. The Kier molecular flexibility index (Phi) is 3.81. The van der Waals surface area contributed by atoms with Crippen LogP contribution in [0, 0.1) is 6.92 Å². The Morgan fingerprint density at radius 3 is 3.14 bits per heavy atom. The van der Waals surface area contributed by atoms with E-state index in [2.05, 4.69) is 15.1 Å². The van der Waals surface area contributed by atoms with Gasteiger partial charge in [-0.3, -0.25) is 4.79 Å². The molecule has 110 valence electrons. The van der Waals surface area contributed by atoms with E-state index in [0.717, 1.165) is 12.8 Å². The summed E-state index contributed by atoms with van der Waals surface area (Å²) in [6, 6.07) is 1.71. The van der Waals surface area contributed by atoms with Crippen molar-refractivity contribution >= 4 is 5.91 Å². The molecule has 0 aliphatic carbocycles. The van der Waals surface area contributed by atoms with Gasteiger partial charge in [-0.15, -0.1) is 0 Å². The lowest BCUT2D eigenvalue weighted by atomic mass is 10.1. The Bertz CT molecular complexity index is 614. The average Bonchev–Trinajstić information content (AvgIpc) is 2.94. The number of carbonyl (C=O) groups excluding carboxylic acids is 1. The summed E-state index contributed by atoms with van der Waals surface area (Å²) in [5.74, 6) is 1.01. The van der Waals surface area contributed by atoms with E-state index in [4.69, 9.17) is 9.26 Å². The fourth-order valence-corrected chi connectivity index (χ4v) is 2.41. The molecular weight excluding hydrogens is 272 g/mol. The van der Waals surface area contributed by atoms with E-state index >= 15 is 0 Å². The molecule has 21 heavy (non-hydrogen) atoms. The number of amides is 1. The second-order valence-corrected chi connectivity index (χ2v) is 4.98. The van der Waals surface area contributed by atoms with Crippen LogP contribution in [0.3, 0.4) is 0 Å². The van der Waals surface area contributed by atoms with Gasteiger partial charge in [-0.2, -0.15) is 0 Å². The summed E-state index contributed by atoms with van der Waals surface area (Å²) in [6.07, 6.45) is 6.28. The van der Waals surface area contributed by atoms with Crippen molar-refractivity contribution in [3.05, 3.63) is 36.1 Å². The first-order valence-electron chi connectivity index (χ1n) is 6.87. The molecule has 0 unspecified atom stereocenters. The zero-order chi connectivity index (χ0) is 14.7. The fourth-order valence-electron chi connectivity index (χ4n) is 2.41. The lowest BCUT2D eigenvalue weighted by Gasteiger charge is -2.32. The lowest BCUT2D eigenvalue weighted by molar-refractivity contribution is 0.0526. The second-order valence-electron chi connectivity index (χ2n) is 4.98. The lowest BCUT2D eigenvalue weighted by Crippen LogP contribution is -2.44. The monoisotopic (exact) mass is 288 g/mol. The third kappa shape index (κ3) is 3.01. The molecule has 3 heterocycles. The molecule has 0 saturated carbocycles. The van der Waals surface area contributed by atoms with Gasteiger partial charge in [0, 0.05) is 18.8 Å². The van der Waals surface area contributed by atoms with Crippen LogP contribution in [0.1, 0.15) is 29.0 Å². The predicted molar refractivity (Wildman–Crippen MR) is 72.8 cm³/mol. The minimum Gasteiger partial charge on any atom is -0.472 e. The van der Waals surface area contributed by atoms with Crippen LogP contribution in [0.5, 0.6) is 5.88 Å². The van der Waals surface area contributed by atoms with E-state index < -0.39 is 0 Å². The van der Waals surface area contributed by atoms with E-state index in [-0.39, 0.29) is 12.0 Å². The van der Waals surface area contributed by atoms with Crippen LogP contribution < -0.4 is 4.74 Å². The van der Waals surface area contributed by atoms with Gasteiger partial charge in [-0.1, -0.05) is 5.16 Å². The molecule has 2 aromatic rings. The zero-order valence-electron chi connectivity index (χ0n) is 11.7. The maximum absolute atomic E-state index is 12.4. The first-order chi connectivity index (χ1) is 10.2. The SMILES string of the molecule is Cc1oncc1C(=O)N1CCC[C@H](Oc2ccncn2)C1. The Morgan fingerprint density at radius 1 is 1.52 bits per heavy atom. The van der Waals surface area contributed by atoms with E-state index in [1.54, 1.807) is 24.1 Å². The summed E-state index contributed by atoms with van der Waals surface area (Å²) in [7, 11) is 0. The predicted octanol–water partition coefficient (Wildman–Crippen LogP) is 1.46. The van der Waals surface area contributed by atoms with Crippen molar-refractivity contribution in [3.8, 4) is 5.88 Å². The van der Waals surface area contributed by atoms with Crippen molar-refractivity contribution in [2.24, 2.45) is 0 Å². The number of likely N-dealkylation sites (tertiary alicyclic amines) is 1. The van der Waals surface area contributed by atoms with Crippen LogP contribution in [0.4, 0.5) is 0 Å². The normalized spacial score (nSPS) is 18.5. The summed E-state index contributed by atoms with van der Waals surface area (Å²) in [6.45, 7) is 2.99. The third-order valence-corrected chi connectivity index (χ3v) is 3.49. The topological polar surface area (TPSA) is 81.4 Å². The highest BCUT2D eigenvalue weighted by Crippen LogP contribution is 2.19. The Morgan fingerprint density at radius 2 is 2.43 bits per heavy atom. The summed E-state index contributed by atoms with van der Waals surface area (Å²) in [4.78, 5) is 22.1. The molecule has 1 saturated heterocycles. The van der Waals surface area contributed by atoms with Crippen molar-refractivity contribution < 1.29 is 14.1 Å². The second kappa shape index (κ2) is 5.90. The maximum Gasteiger partial charge on any atom is 0.259 e. The van der Waals surface area contributed by atoms with Crippen LogP contribution in [0.25, 0.3) is 0 Å². The minimum absolute atomic E-state index is 0.0576. The van der Waals surface area contributed by atoms with Crippen LogP contribution in [0.15, 0.2) is 29.3 Å². The molecule has 1 aliphatic heterocycles. The molecule has 1 atom stereocenters. The van der Waals surface area contributed by atoms with Crippen LogP contribution in [-0.4, -0.2) is 45.1 Å². The quantitative estimate of drug-likeness (QED) is 0.850. The van der Waals surface area contributed by atoms with E-state index in [0.29, 0.717) is 30.3 Å². The highest BCUT2D eigenvalue weighted by molar-refractivity contribution is 5.94. The molecule has 0 spiro atoms. The largest absolute Gasteiger partial charge is 0.472 e. The first kappa shape index (κ1) is 13.5. The number of piperidine rings is 1. The Balaban J connectivity index is 1.66. The Labute approximate surface area is 121 Å². The molecule has 0 aromatic carbocycles. The number of hydrogen-bond acceptors (Lipinski definition) is 6. The smallest absolute Gasteiger partial charge is 0.259 e. The summed E-state index contributed by atoms with van der Waals surface area (Å²) < 4.78 is 10.8. The van der Waals surface area contributed by atoms with Crippen LogP contribution in [-0.2, 0) is 0 Å². The van der Waals surface area contributed by atoms with Crippen molar-refractivity contribution in [2.75, 3.05) is 13.1 Å². The summed E-state index contributed by atoms with van der Waals surface area (Å²) in [5.41, 5.74) is 0.512. The molecule has 0 bridgehead atoms. The highest BCUT2D eigenvalue weighted by Gasteiger charge is 2.27. The number of nitrogens with zero attached hydrogens (tertiary/aromatic N) is 4. The van der Waals surface area contributed by atoms with Gasteiger partial charge in [-0.25, -0.2) is 9.97 Å². The summed E-state index contributed by atoms with van der Waals surface area (Å²) >= 11 is 0. The van der Waals surface area contributed by atoms with Crippen molar-refractivity contribution in [1.29, 1.82) is 0 Å². The first-order valence-corrected chi connectivity index (χ1v) is 6.87.